The summed E-state index contributed by atoms with van der Waals surface area (Å²) in [6.45, 7) is 4.91. The quantitative estimate of drug-likeness (QED) is 0.383. The first-order chi connectivity index (χ1) is 17.5. The number of amides is 1. The van der Waals surface area contributed by atoms with Gasteiger partial charge in [-0.3, -0.25) is 4.79 Å². The summed E-state index contributed by atoms with van der Waals surface area (Å²) in [5.74, 6) is 1.51. The predicted molar refractivity (Wildman–Crippen MR) is 135 cm³/mol. The van der Waals surface area contributed by atoms with Crippen LogP contribution >= 0.6 is 0 Å². The van der Waals surface area contributed by atoms with Gasteiger partial charge in [-0.2, -0.15) is 0 Å². The van der Waals surface area contributed by atoms with Crippen LogP contribution in [0.3, 0.4) is 0 Å². The second kappa shape index (κ2) is 10.2. The SMILES string of the molecule is COCc1nc(C(=O)NCc2cc3ccnc(N)c3cc2C)nn1Cc1cnc(N2CCCC2)nc1. The van der Waals surface area contributed by atoms with Gasteiger partial charge in [-0.15, -0.1) is 5.10 Å². The number of methoxy groups -OCH3 is 1. The van der Waals surface area contributed by atoms with E-state index >= 15 is 0 Å². The summed E-state index contributed by atoms with van der Waals surface area (Å²) >= 11 is 0. The average Bonchev–Trinajstić information content (AvgIpc) is 3.55. The molecule has 0 atom stereocenters. The average molecular weight is 488 g/mol. The summed E-state index contributed by atoms with van der Waals surface area (Å²) in [4.78, 5) is 32.7. The molecule has 0 aliphatic carbocycles. The van der Waals surface area contributed by atoms with Gasteiger partial charge in [-0.05, 0) is 54.5 Å². The molecule has 0 bridgehead atoms. The number of carbonyl (C=O) groups is 1. The maximum atomic E-state index is 12.9. The first-order valence-electron chi connectivity index (χ1n) is 11.9. The zero-order chi connectivity index (χ0) is 25.1. The van der Waals surface area contributed by atoms with E-state index in [2.05, 4.69) is 35.3 Å². The van der Waals surface area contributed by atoms with Gasteiger partial charge < -0.3 is 20.7 Å². The molecule has 0 radical (unpaired) electrons. The molecular weight excluding hydrogens is 458 g/mol. The number of aromatic nitrogens is 6. The Morgan fingerprint density at radius 2 is 1.94 bits per heavy atom. The van der Waals surface area contributed by atoms with Crippen molar-refractivity contribution >= 4 is 28.4 Å². The lowest BCUT2D eigenvalue weighted by molar-refractivity contribution is 0.0940. The second-order valence-corrected chi connectivity index (χ2v) is 8.91. The molecule has 11 heteroatoms. The molecular formula is C25H29N9O2. The van der Waals surface area contributed by atoms with Crippen LogP contribution in [-0.2, 0) is 24.4 Å². The van der Waals surface area contributed by atoms with Crippen molar-refractivity contribution in [2.45, 2.75) is 39.5 Å². The highest BCUT2D eigenvalue weighted by molar-refractivity contribution is 5.92. The summed E-state index contributed by atoms with van der Waals surface area (Å²) in [5.41, 5.74) is 8.85. The minimum absolute atomic E-state index is 0.0866. The number of nitrogens with two attached hydrogens (primary N) is 1. The van der Waals surface area contributed by atoms with Gasteiger partial charge in [-0.1, -0.05) is 0 Å². The van der Waals surface area contributed by atoms with Crippen LogP contribution in [0.1, 0.15) is 46.0 Å². The molecule has 1 aliphatic rings. The van der Waals surface area contributed by atoms with E-state index in [0.717, 1.165) is 46.5 Å². The van der Waals surface area contributed by atoms with Gasteiger partial charge in [0.05, 0.1) is 6.54 Å². The molecule has 3 N–H and O–H groups in total. The number of ether oxygens (including phenoxy) is 1. The van der Waals surface area contributed by atoms with Crippen molar-refractivity contribution in [1.29, 1.82) is 0 Å². The lowest BCUT2D eigenvalue weighted by Crippen LogP contribution is -2.24. The lowest BCUT2D eigenvalue weighted by Gasteiger charge is -2.14. The van der Waals surface area contributed by atoms with E-state index in [0.29, 0.717) is 24.7 Å². The number of hydrogen-bond acceptors (Lipinski definition) is 9. The third-order valence-corrected chi connectivity index (χ3v) is 6.33. The number of rotatable bonds is 8. The Morgan fingerprint density at radius 1 is 1.17 bits per heavy atom. The minimum Gasteiger partial charge on any atom is -0.383 e. The van der Waals surface area contributed by atoms with Crippen molar-refractivity contribution in [3.05, 3.63) is 65.1 Å². The lowest BCUT2D eigenvalue weighted by atomic mass is 10.0. The number of pyridine rings is 1. The summed E-state index contributed by atoms with van der Waals surface area (Å²) < 4.78 is 6.93. The molecule has 186 valence electrons. The van der Waals surface area contributed by atoms with Crippen molar-refractivity contribution in [2.75, 3.05) is 30.8 Å². The monoisotopic (exact) mass is 487 g/mol. The molecule has 1 fully saturated rings. The molecule has 0 spiro atoms. The van der Waals surface area contributed by atoms with Crippen LogP contribution in [0.25, 0.3) is 10.8 Å². The van der Waals surface area contributed by atoms with Crippen molar-refractivity contribution in [3.63, 3.8) is 0 Å². The van der Waals surface area contributed by atoms with Crippen LogP contribution in [0.15, 0.2) is 36.8 Å². The highest BCUT2D eigenvalue weighted by Crippen LogP contribution is 2.23. The van der Waals surface area contributed by atoms with E-state index in [4.69, 9.17) is 10.5 Å². The van der Waals surface area contributed by atoms with E-state index in [9.17, 15) is 4.79 Å². The van der Waals surface area contributed by atoms with Gasteiger partial charge >= 0.3 is 0 Å². The van der Waals surface area contributed by atoms with E-state index in [-0.39, 0.29) is 18.3 Å². The predicted octanol–water partition coefficient (Wildman–Crippen LogP) is 2.23. The largest absolute Gasteiger partial charge is 0.383 e. The molecule has 3 aromatic heterocycles. The fourth-order valence-corrected chi connectivity index (χ4v) is 4.36. The standard InChI is InChI=1S/C25H29N9O2/c1-16-9-20-18(5-6-27-22(20)26)10-19(16)13-28-24(35)23-31-21(15-36-2)34(32-23)14-17-11-29-25(30-12-17)33-7-3-4-8-33/h5-6,9-12H,3-4,7-8,13-15H2,1-2H3,(H2,26,27)(H,28,35). The molecule has 11 nitrogen and oxygen atoms in total. The van der Waals surface area contributed by atoms with Gasteiger partial charge in [0.15, 0.2) is 5.82 Å². The molecule has 0 unspecified atom stereocenters. The summed E-state index contributed by atoms with van der Waals surface area (Å²) in [6, 6.07) is 5.90. The number of nitrogen functional groups attached to an aromatic ring is 1. The summed E-state index contributed by atoms with van der Waals surface area (Å²) in [6.07, 6.45) is 7.60. The number of carbonyl (C=O) groups excluding carboxylic acids is 1. The van der Waals surface area contributed by atoms with Crippen molar-refractivity contribution in [3.8, 4) is 0 Å². The van der Waals surface area contributed by atoms with Crippen LogP contribution in [0, 0.1) is 6.92 Å². The topological polar surface area (TPSA) is 137 Å². The summed E-state index contributed by atoms with van der Waals surface area (Å²) in [7, 11) is 1.58. The van der Waals surface area contributed by atoms with Crippen molar-refractivity contribution < 1.29 is 9.53 Å². The van der Waals surface area contributed by atoms with Gasteiger partial charge in [0, 0.05) is 56.3 Å². The van der Waals surface area contributed by atoms with Gasteiger partial charge in [0.2, 0.25) is 11.8 Å². The molecule has 1 aromatic carbocycles. The molecule has 1 amide bonds. The Bertz CT molecular complexity index is 1380. The van der Waals surface area contributed by atoms with Crippen LogP contribution in [-0.4, -0.2) is 55.8 Å². The Balaban J connectivity index is 1.29. The first-order valence-corrected chi connectivity index (χ1v) is 11.9. The third-order valence-electron chi connectivity index (χ3n) is 6.33. The maximum Gasteiger partial charge on any atom is 0.291 e. The van der Waals surface area contributed by atoms with Crippen LogP contribution in [0.2, 0.25) is 0 Å². The fraction of sp³-hybridized carbons (Fsp3) is 0.360. The molecule has 36 heavy (non-hydrogen) atoms. The fourth-order valence-electron chi connectivity index (χ4n) is 4.36. The number of nitrogens with one attached hydrogen (secondary N) is 1. The molecule has 4 aromatic rings. The number of anilines is 2. The summed E-state index contributed by atoms with van der Waals surface area (Å²) in [5, 5.41) is 9.24. The number of fused-ring (bicyclic) bond motifs is 1. The van der Waals surface area contributed by atoms with Gasteiger partial charge in [0.25, 0.3) is 5.91 Å². The smallest absolute Gasteiger partial charge is 0.291 e. The van der Waals surface area contributed by atoms with Crippen LogP contribution in [0.4, 0.5) is 11.8 Å². The Kier molecular flexibility index (Phi) is 6.72. The Hall–Kier alpha value is -4.12. The normalized spacial score (nSPS) is 13.4. The third kappa shape index (κ3) is 4.96. The second-order valence-electron chi connectivity index (χ2n) is 8.91. The first kappa shape index (κ1) is 23.6. The van der Waals surface area contributed by atoms with E-state index < -0.39 is 0 Å². The zero-order valence-electron chi connectivity index (χ0n) is 20.4. The van der Waals surface area contributed by atoms with E-state index in [1.807, 2.05) is 25.1 Å². The molecule has 5 rings (SSSR count). The van der Waals surface area contributed by atoms with E-state index in [1.165, 1.54) is 12.8 Å². The van der Waals surface area contributed by atoms with Crippen molar-refractivity contribution in [2.24, 2.45) is 0 Å². The molecule has 1 saturated heterocycles. The number of benzene rings is 1. The minimum atomic E-state index is -0.361. The Morgan fingerprint density at radius 3 is 2.69 bits per heavy atom. The maximum absolute atomic E-state index is 12.9. The van der Waals surface area contributed by atoms with Crippen LogP contribution in [0.5, 0.6) is 0 Å². The van der Waals surface area contributed by atoms with E-state index in [1.54, 1.807) is 30.4 Å². The van der Waals surface area contributed by atoms with Gasteiger partial charge in [0.1, 0.15) is 12.4 Å². The number of hydrogen-bond donors (Lipinski definition) is 2. The Labute approximate surface area is 208 Å². The van der Waals surface area contributed by atoms with Gasteiger partial charge in [-0.25, -0.2) is 24.6 Å². The number of nitrogens with zero attached hydrogens (tertiary/aromatic N) is 7. The number of aryl methyl sites for hydroxylation is 1. The highest BCUT2D eigenvalue weighted by atomic mass is 16.5. The van der Waals surface area contributed by atoms with Crippen molar-refractivity contribution in [1.82, 2.24) is 35.0 Å². The highest BCUT2D eigenvalue weighted by Gasteiger charge is 2.18. The molecule has 1 aliphatic heterocycles. The molecule has 4 heterocycles. The zero-order valence-corrected chi connectivity index (χ0v) is 20.4. The van der Waals surface area contributed by atoms with Crippen LogP contribution < -0.4 is 16.0 Å². The molecule has 0 saturated carbocycles.